The van der Waals surface area contributed by atoms with Gasteiger partial charge < -0.3 is 15.4 Å². The second-order valence-electron chi connectivity index (χ2n) is 6.82. The van der Waals surface area contributed by atoms with Crippen LogP contribution in [0.1, 0.15) is 44.1 Å². The fourth-order valence-electron chi connectivity index (χ4n) is 2.93. The number of benzene rings is 1. The van der Waals surface area contributed by atoms with Crippen molar-refractivity contribution in [3.63, 3.8) is 0 Å². The molecule has 0 unspecified atom stereocenters. The highest BCUT2D eigenvalue weighted by Gasteiger charge is 2.15. The number of nitrogens with one attached hydrogen (secondary N) is 3. The molecule has 1 aromatic carbocycles. The van der Waals surface area contributed by atoms with Crippen LogP contribution in [-0.2, 0) is 14.4 Å². The van der Waals surface area contributed by atoms with E-state index in [0.29, 0.717) is 12.3 Å². The molecule has 0 atom stereocenters. The summed E-state index contributed by atoms with van der Waals surface area (Å²) in [5, 5.41) is 9.33. The predicted molar refractivity (Wildman–Crippen MR) is 111 cm³/mol. The van der Waals surface area contributed by atoms with E-state index in [1.807, 2.05) is 0 Å². The van der Waals surface area contributed by atoms with Crippen LogP contribution in [0.2, 0.25) is 0 Å². The predicted octanol–water partition coefficient (Wildman–Crippen LogP) is 1.66. The van der Waals surface area contributed by atoms with Crippen molar-refractivity contribution in [1.82, 2.24) is 16.1 Å². The van der Waals surface area contributed by atoms with Gasteiger partial charge in [0.15, 0.2) is 6.61 Å². The Kier molecular flexibility index (Phi) is 9.41. The first-order chi connectivity index (χ1) is 14.1. The minimum Gasteiger partial charge on any atom is -0.484 e. The lowest BCUT2D eigenvalue weighted by Gasteiger charge is -2.22. The molecular weight excluding hydrogens is 372 g/mol. The molecule has 3 amide bonds. The van der Waals surface area contributed by atoms with E-state index in [0.717, 1.165) is 31.2 Å². The summed E-state index contributed by atoms with van der Waals surface area (Å²) in [4.78, 5) is 34.9. The highest BCUT2D eigenvalue weighted by Crippen LogP contribution is 2.17. The van der Waals surface area contributed by atoms with E-state index in [4.69, 9.17) is 4.74 Å². The van der Waals surface area contributed by atoms with Crippen LogP contribution in [0.5, 0.6) is 5.75 Å². The summed E-state index contributed by atoms with van der Waals surface area (Å²) in [6, 6.07) is 7.21. The molecule has 0 aliphatic heterocycles. The highest BCUT2D eigenvalue weighted by atomic mass is 16.5. The van der Waals surface area contributed by atoms with Gasteiger partial charge in [0.25, 0.3) is 5.91 Å². The molecule has 0 saturated heterocycles. The van der Waals surface area contributed by atoms with E-state index >= 15 is 0 Å². The molecule has 29 heavy (non-hydrogen) atoms. The summed E-state index contributed by atoms with van der Waals surface area (Å²) in [7, 11) is 0. The average Bonchev–Trinajstić information content (AvgIpc) is 2.72. The molecule has 0 heterocycles. The molecular formula is C21H28N4O4. The first-order valence-corrected chi connectivity index (χ1v) is 9.78. The Labute approximate surface area is 170 Å². The van der Waals surface area contributed by atoms with Crippen molar-refractivity contribution in [1.29, 1.82) is 0 Å². The third-order valence-corrected chi connectivity index (χ3v) is 4.39. The Morgan fingerprint density at radius 3 is 2.48 bits per heavy atom. The third-order valence-electron chi connectivity index (χ3n) is 4.39. The van der Waals surface area contributed by atoms with Gasteiger partial charge in [-0.25, -0.2) is 5.43 Å². The minimum absolute atomic E-state index is 0.0199. The SMILES string of the molecule is C=CCNC(=O)CC(=O)N/N=C/c1ccc(OCC(=O)NC2CCCCC2)cc1. The van der Waals surface area contributed by atoms with Crippen molar-refractivity contribution in [3.8, 4) is 5.75 Å². The number of carbonyl (C=O) groups excluding carboxylic acids is 3. The monoisotopic (exact) mass is 400 g/mol. The van der Waals surface area contributed by atoms with E-state index in [9.17, 15) is 14.4 Å². The van der Waals surface area contributed by atoms with Crippen LogP contribution in [0, 0.1) is 0 Å². The van der Waals surface area contributed by atoms with Gasteiger partial charge in [0, 0.05) is 12.6 Å². The molecule has 1 saturated carbocycles. The van der Waals surface area contributed by atoms with Crippen molar-refractivity contribution in [2.24, 2.45) is 5.10 Å². The van der Waals surface area contributed by atoms with E-state index in [-0.39, 0.29) is 25.0 Å². The number of nitrogens with zero attached hydrogens (tertiary/aromatic N) is 1. The molecule has 0 spiro atoms. The summed E-state index contributed by atoms with van der Waals surface area (Å²) in [6.45, 7) is 3.77. The summed E-state index contributed by atoms with van der Waals surface area (Å²) in [5.41, 5.74) is 3.03. The number of rotatable bonds is 10. The van der Waals surface area contributed by atoms with E-state index in [1.165, 1.54) is 18.7 Å². The molecule has 8 heteroatoms. The lowest BCUT2D eigenvalue weighted by Crippen LogP contribution is -2.38. The lowest BCUT2D eigenvalue weighted by atomic mass is 9.95. The van der Waals surface area contributed by atoms with Crippen LogP contribution in [0.25, 0.3) is 0 Å². The molecule has 0 radical (unpaired) electrons. The Bertz CT molecular complexity index is 725. The molecule has 0 bridgehead atoms. The molecule has 1 aromatic rings. The number of hydrogen-bond donors (Lipinski definition) is 3. The zero-order valence-electron chi connectivity index (χ0n) is 16.5. The first kappa shape index (κ1) is 22.1. The molecule has 1 aliphatic rings. The minimum atomic E-state index is -0.508. The number of hydrogen-bond acceptors (Lipinski definition) is 5. The Morgan fingerprint density at radius 1 is 1.07 bits per heavy atom. The fraction of sp³-hybridized carbons (Fsp3) is 0.429. The Morgan fingerprint density at radius 2 is 1.79 bits per heavy atom. The Balaban J connectivity index is 1.68. The van der Waals surface area contributed by atoms with Crippen LogP contribution < -0.4 is 20.8 Å². The second-order valence-corrected chi connectivity index (χ2v) is 6.82. The number of hydrazone groups is 1. The Hall–Kier alpha value is -3.16. The van der Waals surface area contributed by atoms with Crippen molar-refractivity contribution < 1.29 is 19.1 Å². The molecule has 0 aromatic heterocycles. The maximum atomic E-state index is 12.0. The largest absolute Gasteiger partial charge is 0.484 e. The van der Waals surface area contributed by atoms with Crippen molar-refractivity contribution >= 4 is 23.9 Å². The molecule has 8 nitrogen and oxygen atoms in total. The summed E-state index contributed by atoms with van der Waals surface area (Å²) < 4.78 is 5.51. The lowest BCUT2D eigenvalue weighted by molar-refractivity contribution is -0.129. The van der Waals surface area contributed by atoms with E-state index < -0.39 is 11.8 Å². The van der Waals surface area contributed by atoms with Gasteiger partial charge >= 0.3 is 0 Å². The first-order valence-electron chi connectivity index (χ1n) is 9.78. The topological polar surface area (TPSA) is 109 Å². The zero-order valence-corrected chi connectivity index (χ0v) is 16.5. The number of carbonyl (C=O) groups is 3. The van der Waals surface area contributed by atoms with Gasteiger partial charge in [-0.2, -0.15) is 5.10 Å². The maximum absolute atomic E-state index is 12.0. The fourth-order valence-corrected chi connectivity index (χ4v) is 2.93. The van der Waals surface area contributed by atoms with Crippen molar-refractivity contribution in [2.45, 2.75) is 44.6 Å². The third kappa shape index (κ3) is 9.05. The molecule has 1 aliphatic carbocycles. The van der Waals surface area contributed by atoms with Gasteiger partial charge in [-0.15, -0.1) is 6.58 Å². The van der Waals surface area contributed by atoms with Gasteiger partial charge in [0.2, 0.25) is 11.8 Å². The number of amides is 3. The van der Waals surface area contributed by atoms with E-state index in [1.54, 1.807) is 24.3 Å². The normalized spacial score (nSPS) is 14.2. The van der Waals surface area contributed by atoms with Crippen LogP contribution in [-0.4, -0.2) is 43.1 Å². The molecule has 1 fully saturated rings. The van der Waals surface area contributed by atoms with Crippen LogP contribution >= 0.6 is 0 Å². The van der Waals surface area contributed by atoms with E-state index in [2.05, 4.69) is 27.7 Å². The van der Waals surface area contributed by atoms with Crippen LogP contribution in [0.15, 0.2) is 42.0 Å². The quantitative estimate of drug-likeness (QED) is 0.240. The van der Waals surface area contributed by atoms with Gasteiger partial charge in [0.05, 0.1) is 6.21 Å². The molecule has 156 valence electrons. The molecule has 3 N–H and O–H groups in total. The van der Waals surface area contributed by atoms with Crippen molar-refractivity contribution in [2.75, 3.05) is 13.2 Å². The highest BCUT2D eigenvalue weighted by molar-refractivity contribution is 5.97. The second kappa shape index (κ2) is 12.3. The summed E-state index contributed by atoms with van der Waals surface area (Å²) in [6.07, 6.45) is 8.33. The maximum Gasteiger partial charge on any atom is 0.258 e. The van der Waals surface area contributed by atoms with Gasteiger partial charge in [0.1, 0.15) is 12.2 Å². The smallest absolute Gasteiger partial charge is 0.258 e. The van der Waals surface area contributed by atoms with Gasteiger partial charge in [-0.3, -0.25) is 14.4 Å². The van der Waals surface area contributed by atoms with Crippen LogP contribution in [0.3, 0.4) is 0 Å². The summed E-state index contributed by atoms with van der Waals surface area (Å²) >= 11 is 0. The van der Waals surface area contributed by atoms with Crippen molar-refractivity contribution in [3.05, 3.63) is 42.5 Å². The van der Waals surface area contributed by atoms with Crippen LogP contribution in [0.4, 0.5) is 0 Å². The molecule has 2 rings (SSSR count). The standard InChI is InChI=1S/C21H28N4O4/c1-2-12-22-19(26)13-20(27)25-23-14-16-8-10-18(11-9-16)29-15-21(28)24-17-6-4-3-5-7-17/h2,8-11,14,17H,1,3-7,12-13,15H2,(H,22,26)(H,24,28)(H,25,27)/b23-14+. The van der Waals surface area contributed by atoms with Gasteiger partial charge in [-0.1, -0.05) is 25.3 Å². The summed E-state index contributed by atoms with van der Waals surface area (Å²) in [5.74, 6) is -0.440. The van der Waals surface area contributed by atoms with Gasteiger partial charge in [-0.05, 0) is 42.7 Å². The average molecular weight is 400 g/mol. The number of ether oxygens (including phenoxy) is 1. The zero-order chi connectivity index (χ0) is 20.9.